The summed E-state index contributed by atoms with van der Waals surface area (Å²) in [5, 5.41) is -0.155. The van der Waals surface area contributed by atoms with E-state index in [1.165, 1.54) is 11.8 Å². The zero-order chi connectivity index (χ0) is 10.4. The number of benzene rings is 1. The molecule has 0 saturated carbocycles. The molecule has 0 N–H and O–H groups in total. The lowest BCUT2D eigenvalue weighted by Gasteiger charge is -2.09. The SMILES string of the molecule is CCOC(=O)C(C)Sc1cc[c]cc1. The Hall–Kier alpha value is -0.960. The molecule has 0 aromatic heterocycles. The second-order valence-corrected chi connectivity index (χ2v) is 4.16. The molecule has 0 fully saturated rings. The minimum absolute atomic E-state index is 0.155. The van der Waals surface area contributed by atoms with Gasteiger partial charge in [-0.15, -0.1) is 11.8 Å². The van der Waals surface area contributed by atoms with Crippen molar-refractivity contribution >= 4 is 17.7 Å². The first kappa shape index (κ1) is 11.1. The third-order valence-corrected chi connectivity index (χ3v) is 2.71. The van der Waals surface area contributed by atoms with Gasteiger partial charge in [-0.2, -0.15) is 0 Å². The van der Waals surface area contributed by atoms with E-state index in [4.69, 9.17) is 4.74 Å². The van der Waals surface area contributed by atoms with E-state index >= 15 is 0 Å². The lowest BCUT2D eigenvalue weighted by atomic mass is 10.4. The Labute approximate surface area is 88.7 Å². The first-order valence-electron chi connectivity index (χ1n) is 4.53. The third-order valence-electron chi connectivity index (χ3n) is 1.62. The van der Waals surface area contributed by atoms with Crippen molar-refractivity contribution in [2.75, 3.05) is 6.61 Å². The molecule has 1 aromatic carbocycles. The van der Waals surface area contributed by atoms with E-state index in [0.29, 0.717) is 6.61 Å². The Balaban J connectivity index is 2.49. The molecule has 1 rings (SSSR count). The number of carbonyl (C=O) groups is 1. The van der Waals surface area contributed by atoms with Crippen LogP contribution in [0, 0.1) is 6.07 Å². The molecule has 0 spiro atoms. The van der Waals surface area contributed by atoms with Crippen LogP contribution in [0.4, 0.5) is 0 Å². The first-order valence-corrected chi connectivity index (χ1v) is 5.41. The molecular weight excluding hydrogens is 196 g/mol. The Morgan fingerprint density at radius 3 is 2.79 bits per heavy atom. The number of thioether (sulfide) groups is 1. The van der Waals surface area contributed by atoms with E-state index in [1.807, 2.05) is 38.1 Å². The predicted molar refractivity (Wildman–Crippen MR) is 57.2 cm³/mol. The summed E-state index contributed by atoms with van der Waals surface area (Å²) in [6.07, 6.45) is 0. The molecule has 0 saturated heterocycles. The number of ether oxygens (including phenoxy) is 1. The summed E-state index contributed by atoms with van der Waals surface area (Å²) in [5.74, 6) is -0.162. The maximum Gasteiger partial charge on any atom is 0.319 e. The second-order valence-electron chi connectivity index (χ2n) is 2.75. The monoisotopic (exact) mass is 209 g/mol. The molecule has 1 radical (unpaired) electrons. The van der Waals surface area contributed by atoms with Gasteiger partial charge in [-0.3, -0.25) is 4.79 Å². The van der Waals surface area contributed by atoms with Gasteiger partial charge < -0.3 is 4.74 Å². The Kier molecular flexibility index (Phi) is 4.53. The zero-order valence-corrected chi connectivity index (χ0v) is 9.14. The zero-order valence-electron chi connectivity index (χ0n) is 8.32. The third kappa shape index (κ3) is 3.42. The molecule has 14 heavy (non-hydrogen) atoms. The largest absolute Gasteiger partial charge is 0.465 e. The van der Waals surface area contributed by atoms with Crippen LogP contribution >= 0.6 is 11.8 Å². The van der Waals surface area contributed by atoms with Gasteiger partial charge in [0, 0.05) is 4.90 Å². The number of carbonyl (C=O) groups excluding carboxylic acids is 1. The van der Waals surface area contributed by atoms with E-state index in [-0.39, 0.29) is 11.2 Å². The molecule has 1 aromatic rings. The number of esters is 1. The molecule has 0 aliphatic heterocycles. The van der Waals surface area contributed by atoms with Crippen LogP contribution in [0.2, 0.25) is 0 Å². The summed E-state index contributed by atoms with van der Waals surface area (Å²) >= 11 is 1.50. The minimum atomic E-state index is -0.162. The standard InChI is InChI=1S/C11H13O2S/c1-3-13-11(12)9(2)14-10-7-5-4-6-8-10/h5-9H,3H2,1-2H3. The van der Waals surface area contributed by atoms with Crippen molar-refractivity contribution in [3.63, 3.8) is 0 Å². The summed E-state index contributed by atoms with van der Waals surface area (Å²) in [4.78, 5) is 12.4. The Morgan fingerprint density at radius 1 is 1.57 bits per heavy atom. The number of hydrogen-bond donors (Lipinski definition) is 0. The minimum Gasteiger partial charge on any atom is -0.465 e. The van der Waals surface area contributed by atoms with Crippen LogP contribution in [0.15, 0.2) is 29.2 Å². The van der Waals surface area contributed by atoms with Gasteiger partial charge in [0.05, 0.1) is 6.61 Å². The maximum absolute atomic E-state index is 11.3. The second kappa shape index (κ2) is 5.70. The molecule has 2 nitrogen and oxygen atoms in total. The van der Waals surface area contributed by atoms with Gasteiger partial charge in [0.2, 0.25) is 0 Å². The maximum atomic E-state index is 11.3. The molecule has 0 aliphatic rings. The molecule has 0 amide bonds. The van der Waals surface area contributed by atoms with E-state index in [1.54, 1.807) is 0 Å². The van der Waals surface area contributed by atoms with E-state index in [0.717, 1.165) is 4.90 Å². The van der Waals surface area contributed by atoms with Gasteiger partial charge in [-0.25, -0.2) is 0 Å². The highest BCUT2D eigenvalue weighted by atomic mass is 32.2. The highest BCUT2D eigenvalue weighted by Crippen LogP contribution is 2.23. The predicted octanol–water partition coefficient (Wildman–Crippen LogP) is 2.53. The average Bonchev–Trinajstić information content (AvgIpc) is 2.19. The summed E-state index contributed by atoms with van der Waals surface area (Å²) in [6, 6.07) is 10.5. The topological polar surface area (TPSA) is 26.3 Å². The van der Waals surface area contributed by atoms with Gasteiger partial charge in [0.1, 0.15) is 5.25 Å². The van der Waals surface area contributed by atoms with Crippen molar-refractivity contribution in [2.45, 2.75) is 24.0 Å². The Morgan fingerprint density at radius 2 is 2.21 bits per heavy atom. The van der Waals surface area contributed by atoms with Gasteiger partial charge >= 0.3 is 5.97 Å². The molecule has 1 atom stereocenters. The van der Waals surface area contributed by atoms with Crippen molar-refractivity contribution in [1.29, 1.82) is 0 Å². The molecule has 1 unspecified atom stereocenters. The normalized spacial score (nSPS) is 12.1. The first-order chi connectivity index (χ1) is 6.74. The number of hydrogen-bond acceptors (Lipinski definition) is 3. The fraction of sp³-hybridized carbons (Fsp3) is 0.364. The summed E-state index contributed by atoms with van der Waals surface area (Å²) < 4.78 is 4.91. The number of rotatable bonds is 4. The molecular formula is C11H13O2S. The molecule has 0 heterocycles. The fourth-order valence-corrected chi connectivity index (χ4v) is 1.83. The molecule has 0 aliphatic carbocycles. The van der Waals surface area contributed by atoms with Crippen molar-refractivity contribution in [2.24, 2.45) is 0 Å². The smallest absolute Gasteiger partial charge is 0.319 e. The van der Waals surface area contributed by atoms with Crippen molar-refractivity contribution in [3.05, 3.63) is 30.3 Å². The molecule has 3 heteroatoms. The van der Waals surface area contributed by atoms with Crippen LogP contribution in [0.3, 0.4) is 0 Å². The van der Waals surface area contributed by atoms with Crippen LogP contribution in [-0.4, -0.2) is 17.8 Å². The quantitative estimate of drug-likeness (QED) is 0.563. The van der Waals surface area contributed by atoms with Crippen LogP contribution in [0.1, 0.15) is 13.8 Å². The highest BCUT2D eigenvalue weighted by molar-refractivity contribution is 8.00. The van der Waals surface area contributed by atoms with Gasteiger partial charge in [-0.1, -0.05) is 12.1 Å². The van der Waals surface area contributed by atoms with Crippen molar-refractivity contribution in [3.8, 4) is 0 Å². The summed E-state index contributed by atoms with van der Waals surface area (Å²) in [7, 11) is 0. The van der Waals surface area contributed by atoms with Crippen molar-refractivity contribution in [1.82, 2.24) is 0 Å². The van der Waals surface area contributed by atoms with E-state index in [9.17, 15) is 4.79 Å². The van der Waals surface area contributed by atoms with Crippen molar-refractivity contribution < 1.29 is 9.53 Å². The molecule has 0 bridgehead atoms. The van der Waals surface area contributed by atoms with E-state index < -0.39 is 0 Å². The highest BCUT2D eigenvalue weighted by Gasteiger charge is 2.14. The van der Waals surface area contributed by atoms with E-state index in [2.05, 4.69) is 6.07 Å². The average molecular weight is 209 g/mol. The summed E-state index contributed by atoms with van der Waals surface area (Å²) in [5.41, 5.74) is 0. The van der Waals surface area contributed by atoms with Crippen LogP contribution in [0.5, 0.6) is 0 Å². The van der Waals surface area contributed by atoms with Gasteiger partial charge in [-0.05, 0) is 32.0 Å². The molecule has 75 valence electrons. The fourth-order valence-electron chi connectivity index (χ4n) is 0.962. The van der Waals surface area contributed by atoms with Gasteiger partial charge in [0.15, 0.2) is 0 Å². The van der Waals surface area contributed by atoms with Crippen LogP contribution in [-0.2, 0) is 9.53 Å². The lowest BCUT2D eigenvalue weighted by molar-refractivity contribution is -0.142. The summed E-state index contributed by atoms with van der Waals surface area (Å²) in [6.45, 7) is 4.10. The Bertz CT molecular complexity index is 285. The van der Waals surface area contributed by atoms with Crippen LogP contribution in [0.25, 0.3) is 0 Å². The van der Waals surface area contributed by atoms with Gasteiger partial charge in [0.25, 0.3) is 0 Å². The lowest BCUT2D eigenvalue weighted by Crippen LogP contribution is -2.16. The van der Waals surface area contributed by atoms with Crippen LogP contribution < -0.4 is 0 Å².